The van der Waals surface area contributed by atoms with E-state index in [0.717, 1.165) is 44.6 Å². The lowest BCUT2D eigenvalue weighted by Crippen LogP contribution is -2.01. The second-order valence-electron chi connectivity index (χ2n) is 4.20. The summed E-state index contributed by atoms with van der Waals surface area (Å²) in [6.45, 7) is 3.15. The number of hydrogen-bond donors (Lipinski definition) is 0. The molecule has 1 aromatic rings. The highest BCUT2D eigenvalue weighted by Crippen LogP contribution is 2.01. The first-order valence-corrected chi connectivity index (χ1v) is 6.26. The predicted octanol–water partition coefficient (Wildman–Crippen LogP) is 2.79. The van der Waals surface area contributed by atoms with Crippen molar-refractivity contribution in [3.05, 3.63) is 30.1 Å². The third-order valence-electron chi connectivity index (χ3n) is 2.55. The Hall–Kier alpha value is -1.22. The summed E-state index contributed by atoms with van der Waals surface area (Å²) < 4.78 is 5.52. The van der Waals surface area contributed by atoms with Gasteiger partial charge in [-0.25, -0.2) is 0 Å². The number of nitrogens with zero attached hydrogens (tertiary/aromatic N) is 1. The number of carbonyl (C=O) groups excluding carboxylic acids is 1. The van der Waals surface area contributed by atoms with Gasteiger partial charge in [0.15, 0.2) is 0 Å². The standard InChI is InChI=1S/C14H21NO2/c1-13(16)7-3-2-6-11-17-12-9-14-8-4-5-10-15-14/h4-5,8,10H,2-3,6-7,9,11-12H2,1H3. The van der Waals surface area contributed by atoms with Crippen LogP contribution in [-0.4, -0.2) is 24.0 Å². The van der Waals surface area contributed by atoms with Gasteiger partial charge in [0.25, 0.3) is 0 Å². The number of ketones is 1. The molecule has 0 radical (unpaired) electrons. The van der Waals surface area contributed by atoms with Gasteiger partial charge >= 0.3 is 0 Å². The van der Waals surface area contributed by atoms with Gasteiger partial charge in [0.2, 0.25) is 0 Å². The van der Waals surface area contributed by atoms with E-state index in [4.69, 9.17) is 4.74 Å². The van der Waals surface area contributed by atoms with E-state index in [9.17, 15) is 4.79 Å². The SMILES string of the molecule is CC(=O)CCCCCOCCc1ccccn1. The minimum Gasteiger partial charge on any atom is -0.381 e. The first kappa shape index (κ1) is 13.8. The fourth-order valence-corrected chi connectivity index (χ4v) is 1.58. The largest absolute Gasteiger partial charge is 0.381 e. The minimum absolute atomic E-state index is 0.279. The molecule has 1 aromatic heterocycles. The number of unbranched alkanes of at least 4 members (excludes halogenated alkanes) is 2. The van der Waals surface area contributed by atoms with E-state index in [1.807, 2.05) is 18.2 Å². The lowest BCUT2D eigenvalue weighted by Gasteiger charge is -2.03. The fourth-order valence-electron chi connectivity index (χ4n) is 1.58. The molecule has 3 heteroatoms. The average molecular weight is 235 g/mol. The summed E-state index contributed by atoms with van der Waals surface area (Å²) in [5.41, 5.74) is 1.07. The molecule has 0 atom stereocenters. The van der Waals surface area contributed by atoms with Crippen molar-refractivity contribution in [1.82, 2.24) is 4.98 Å². The fraction of sp³-hybridized carbons (Fsp3) is 0.571. The van der Waals surface area contributed by atoms with Gasteiger partial charge in [-0.3, -0.25) is 4.98 Å². The molecule has 0 saturated carbocycles. The number of hydrogen-bond acceptors (Lipinski definition) is 3. The molecule has 0 amide bonds. The van der Waals surface area contributed by atoms with E-state index >= 15 is 0 Å². The Morgan fingerprint density at radius 2 is 2.12 bits per heavy atom. The quantitative estimate of drug-likeness (QED) is 0.618. The highest BCUT2D eigenvalue weighted by molar-refractivity contribution is 5.75. The smallest absolute Gasteiger partial charge is 0.129 e. The molecule has 1 heterocycles. The Morgan fingerprint density at radius 3 is 2.82 bits per heavy atom. The van der Waals surface area contributed by atoms with Crippen LogP contribution in [0.4, 0.5) is 0 Å². The Balaban J connectivity index is 1.90. The zero-order valence-electron chi connectivity index (χ0n) is 10.5. The molecule has 0 aliphatic heterocycles. The number of carbonyl (C=O) groups is 1. The van der Waals surface area contributed by atoms with Crippen molar-refractivity contribution in [2.24, 2.45) is 0 Å². The van der Waals surface area contributed by atoms with Crippen molar-refractivity contribution in [1.29, 1.82) is 0 Å². The van der Waals surface area contributed by atoms with Crippen LogP contribution in [0.5, 0.6) is 0 Å². The molecule has 0 aliphatic rings. The normalized spacial score (nSPS) is 10.4. The van der Waals surface area contributed by atoms with Gasteiger partial charge in [-0.05, 0) is 31.9 Å². The monoisotopic (exact) mass is 235 g/mol. The van der Waals surface area contributed by atoms with Crippen molar-refractivity contribution in [3.8, 4) is 0 Å². The summed E-state index contributed by atoms with van der Waals surface area (Å²) in [5.74, 6) is 0.279. The molecular weight excluding hydrogens is 214 g/mol. The van der Waals surface area contributed by atoms with Crippen LogP contribution in [0.3, 0.4) is 0 Å². The second kappa shape index (κ2) is 8.88. The maximum Gasteiger partial charge on any atom is 0.129 e. The molecule has 0 bridgehead atoms. The average Bonchev–Trinajstić information content (AvgIpc) is 2.33. The minimum atomic E-state index is 0.279. The van der Waals surface area contributed by atoms with Crippen LogP contribution >= 0.6 is 0 Å². The number of pyridine rings is 1. The lowest BCUT2D eigenvalue weighted by molar-refractivity contribution is -0.117. The number of rotatable bonds is 9. The molecule has 0 unspecified atom stereocenters. The van der Waals surface area contributed by atoms with Gasteiger partial charge in [0.1, 0.15) is 5.78 Å². The van der Waals surface area contributed by atoms with E-state index in [-0.39, 0.29) is 5.78 Å². The van der Waals surface area contributed by atoms with Gasteiger partial charge in [-0.2, -0.15) is 0 Å². The Kier molecular flexibility index (Phi) is 7.23. The van der Waals surface area contributed by atoms with Crippen LogP contribution in [0.1, 0.15) is 38.3 Å². The molecule has 0 fully saturated rings. The molecule has 0 N–H and O–H groups in total. The molecule has 17 heavy (non-hydrogen) atoms. The molecule has 0 aromatic carbocycles. The molecule has 0 aliphatic carbocycles. The maximum absolute atomic E-state index is 10.7. The Labute approximate surface area is 103 Å². The summed E-state index contributed by atoms with van der Waals surface area (Å²) in [6, 6.07) is 5.92. The van der Waals surface area contributed by atoms with Crippen LogP contribution in [-0.2, 0) is 16.0 Å². The third-order valence-corrected chi connectivity index (χ3v) is 2.55. The summed E-state index contributed by atoms with van der Waals surface area (Å²) in [5, 5.41) is 0. The van der Waals surface area contributed by atoms with Gasteiger partial charge in [-0.1, -0.05) is 12.5 Å². The summed E-state index contributed by atoms with van der Waals surface area (Å²) in [6.07, 6.45) is 6.47. The highest BCUT2D eigenvalue weighted by atomic mass is 16.5. The zero-order valence-corrected chi connectivity index (χ0v) is 10.5. The molecular formula is C14H21NO2. The van der Waals surface area contributed by atoms with Gasteiger partial charge in [0, 0.05) is 31.3 Å². The maximum atomic E-state index is 10.7. The predicted molar refractivity (Wildman–Crippen MR) is 67.9 cm³/mol. The van der Waals surface area contributed by atoms with Gasteiger partial charge in [-0.15, -0.1) is 0 Å². The van der Waals surface area contributed by atoms with Gasteiger partial charge in [0.05, 0.1) is 6.61 Å². The zero-order chi connectivity index (χ0) is 12.3. The van der Waals surface area contributed by atoms with Crippen molar-refractivity contribution < 1.29 is 9.53 Å². The van der Waals surface area contributed by atoms with E-state index in [0.29, 0.717) is 6.42 Å². The van der Waals surface area contributed by atoms with Crippen molar-refractivity contribution >= 4 is 5.78 Å². The first-order valence-electron chi connectivity index (χ1n) is 6.26. The van der Waals surface area contributed by atoms with E-state index in [1.165, 1.54) is 0 Å². The third kappa shape index (κ3) is 7.64. The molecule has 0 spiro atoms. The van der Waals surface area contributed by atoms with Crippen molar-refractivity contribution in [3.63, 3.8) is 0 Å². The van der Waals surface area contributed by atoms with Gasteiger partial charge < -0.3 is 9.53 Å². The number of Topliss-reactive ketones (excluding diaryl/α,β-unsaturated/α-hetero) is 1. The molecule has 3 nitrogen and oxygen atoms in total. The van der Waals surface area contributed by atoms with Crippen LogP contribution in [0, 0.1) is 0 Å². The molecule has 94 valence electrons. The summed E-state index contributed by atoms with van der Waals surface area (Å²) in [4.78, 5) is 14.9. The van der Waals surface area contributed by atoms with Crippen LogP contribution in [0.2, 0.25) is 0 Å². The Bertz CT molecular complexity index is 311. The molecule has 1 rings (SSSR count). The van der Waals surface area contributed by atoms with E-state index < -0.39 is 0 Å². The number of aromatic nitrogens is 1. The first-order chi connectivity index (χ1) is 8.29. The van der Waals surface area contributed by atoms with E-state index in [2.05, 4.69) is 4.98 Å². The van der Waals surface area contributed by atoms with E-state index in [1.54, 1.807) is 13.1 Å². The Morgan fingerprint density at radius 1 is 1.24 bits per heavy atom. The van der Waals surface area contributed by atoms with Crippen LogP contribution in [0.15, 0.2) is 24.4 Å². The highest BCUT2D eigenvalue weighted by Gasteiger charge is 1.95. The lowest BCUT2D eigenvalue weighted by atomic mass is 10.1. The number of ether oxygens (including phenoxy) is 1. The summed E-state index contributed by atoms with van der Waals surface area (Å²) >= 11 is 0. The molecule has 0 saturated heterocycles. The van der Waals surface area contributed by atoms with Crippen molar-refractivity contribution in [2.75, 3.05) is 13.2 Å². The summed E-state index contributed by atoms with van der Waals surface area (Å²) in [7, 11) is 0. The second-order valence-corrected chi connectivity index (χ2v) is 4.20. The topological polar surface area (TPSA) is 39.2 Å². The van der Waals surface area contributed by atoms with Crippen molar-refractivity contribution in [2.45, 2.75) is 39.0 Å². The van der Waals surface area contributed by atoms with Crippen LogP contribution < -0.4 is 0 Å². The van der Waals surface area contributed by atoms with Crippen LogP contribution in [0.25, 0.3) is 0 Å².